The second-order valence-corrected chi connectivity index (χ2v) is 12.7. The summed E-state index contributed by atoms with van der Waals surface area (Å²) in [5.74, 6) is 1.43. The number of carbonyl (C=O) groups is 1. The molecule has 1 saturated heterocycles. The van der Waals surface area contributed by atoms with Crippen LogP contribution in [-0.2, 0) is 24.8 Å². The fourth-order valence-corrected chi connectivity index (χ4v) is 7.18. The molecule has 1 aliphatic heterocycles. The fraction of sp³-hybridized carbons (Fsp3) is 0.273. The highest BCUT2D eigenvalue weighted by atomic mass is 32.2. The first-order valence-electron chi connectivity index (χ1n) is 14.4. The normalized spacial score (nSPS) is 14.2. The Morgan fingerprint density at radius 1 is 0.909 bits per heavy atom. The van der Waals surface area contributed by atoms with Crippen LogP contribution in [0.4, 0.5) is 13.2 Å². The number of likely N-dealkylation sites (tertiary alicyclic amines) is 1. The first kappa shape index (κ1) is 30.1. The van der Waals surface area contributed by atoms with Crippen LogP contribution >= 0.6 is 23.1 Å². The number of piperidine rings is 1. The molecule has 226 valence electrons. The molecule has 1 aliphatic rings. The molecule has 0 bridgehead atoms. The number of carbonyl (C=O) groups excluding carboxylic acids is 1. The largest absolute Gasteiger partial charge is 0.416 e. The molecule has 6 rings (SSSR count). The van der Waals surface area contributed by atoms with Crippen LogP contribution in [0.15, 0.2) is 95.5 Å². The highest BCUT2D eigenvalue weighted by Crippen LogP contribution is 2.33. The highest BCUT2D eigenvalue weighted by Gasteiger charge is 2.31. The number of nitrogens with zero attached hydrogens (tertiary/aromatic N) is 5. The first-order chi connectivity index (χ1) is 21.3. The van der Waals surface area contributed by atoms with E-state index < -0.39 is 11.7 Å². The van der Waals surface area contributed by atoms with Gasteiger partial charge in [0.25, 0.3) is 5.91 Å². The van der Waals surface area contributed by atoms with Crippen LogP contribution < -0.4 is 0 Å². The molecule has 1 fully saturated rings. The van der Waals surface area contributed by atoms with Gasteiger partial charge in [-0.05, 0) is 54.5 Å². The van der Waals surface area contributed by atoms with Gasteiger partial charge in [0.15, 0.2) is 5.16 Å². The summed E-state index contributed by atoms with van der Waals surface area (Å²) in [5, 5.41) is 11.7. The molecule has 0 aliphatic carbocycles. The number of aromatic nitrogens is 4. The summed E-state index contributed by atoms with van der Waals surface area (Å²) in [5.41, 5.74) is 2.32. The molecule has 3 heterocycles. The van der Waals surface area contributed by atoms with Gasteiger partial charge in [-0.1, -0.05) is 78.5 Å². The Bertz CT molecular complexity index is 1700. The number of halogens is 3. The minimum Gasteiger partial charge on any atom is -0.337 e. The number of alkyl halides is 3. The summed E-state index contributed by atoms with van der Waals surface area (Å²) in [6, 6.07) is 25.2. The van der Waals surface area contributed by atoms with Crippen LogP contribution in [0.3, 0.4) is 0 Å². The van der Waals surface area contributed by atoms with E-state index in [1.807, 2.05) is 41.3 Å². The van der Waals surface area contributed by atoms with Crippen molar-refractivity contribution in [2.75, 3.05) is 13.1 Å². The third-order valence-electron chi connectivity index (χ3n) is 7.70. The minimum absolute atomic E-state index is 0.0621. The predicted octanol–water partition coefficient (Wildman–Crippen LogP) is 7.72. The van der Waals surface area contributed by atoms with E-state index in [4.69, 9.17) is 0 Å². The molecular weight excluding hydrogens is 604 g/mol. The van der Waals surface area contributed by atoms with E-state index in [1.54, 1.807) is 16.0 Å². The maximum Gasteiger partial charge on any atom is 0.416 e. The molecular formula is C33H30F3N5OS2. The summed E-state index contributed by atoms with van der Waals surface area (Å²) in [4.78, 5) is 19.7. The van der Waals surface area contributed by atoms with E-state index in [1.165, 1.54) is 34.7 Å². The zero-order valence-corrected chi connectivity index (χ0v) is 25.4. The zero-order chi connectivity index (χ0) is 30.5. The lowest BCUT2D eigenvalue weighted by Gasteiger charge is -2.31. The lowest BCUT2D eigenvalue weighted by molar-refractivity contribution is -0.137. The Balaban J connectivity index is 1.14. The molecule has 0 atom stereocenters. The molecule has 5 aromatic rings. The van der Waals surface area contributed by atoms with Crippen LogP contribution in [0.1, 0.15) is 50.9 Å². The van der Waals surface area contributed by atoms with Crippen molar-refractivity contribution in [2.24, 2.45) is 5.92 Å². The van der Waals surface area contributed by atoms with Crippen molar-refractivity contribution in [2.45, 2.75) is 42.8 Å². The Morgan fingerprint density at radius 3 is 2.32 bits per heavy atom. The van der Waals surface area contributed by atoms with Gasteiger partial charge in [0, 0.05) is 24.9 Å². The molecule has 0 N–H and O–H groups in total. The van der Waals surface area contributed by atoms with E-state index in [-0.39, 0.29) is 5.91 Å². The van der Waals surface area contributed by atoms with E-state index in [0.29, 0.717) is 53.5 Å². The maximum absolute atomic E-state index is 13.6. The van der Waals surface area contributed by atoms with Gasteiger partial charge in [-0.25, -0.2) is 4.98 Å². The highest BCUT2D eigenvalue weighted by molar-refractivity contribution is 7.98. The number of thiazole rings is 1. The molecule has 44 heavy (non-hydrogen) atoms. The molecule has 0 saturated carbocycles. The Hall–Kier alpha value is -3.96. The lowest BCUT2D eigenvalue weighted by atomic mass is 9.90. The molecule has 6 nitrogen and oxygen atoms in total. The average Bonchev–Trinajstić information content (AvgIpc) is 3.68. The van der Waals surface area contributed by atoms with Gasteiger partial charge >= 0.3 is 6.18 Å². The molecule has 0 unspecified atom stereocenters. The first-order valence-corrected chi connectivity index (χ1v) is 16.3. The Morgan fingerprint density at radius 2 is 1.61 bits per heavy atom. The van der Waals surface area contributed by atoms with E-state index >= 15 is 0 Å². The van der Waals surface area contributed by atoms with Gasteiger partial charge in [0.2, 0.25) is 0 Å². The van der Waals surface area contributed by atoms with E-state index in [2.05, 4.69) is 39.4 Å². The molecule has 0 spiro atoms. The molecule has 0 radical (unpaired) electrons. The van der Waals surface area contributed by atoms with E-state index in [0.717, 1.165) is 42.0 Å². The summed E-state index contributed by atoms with van der Waals surface area (Å²) < 4.78 is 42.3. The number of hydrogen-bond donors (Lipinski definition) is 0. The summed E-state index contributed by atoms with van der Waals surface area (Å²) >= 11 is 2.73. The fourth-order valence-electron chi connectivity index (χ4n) is 5.42. The molecule has 11 heteroatoms. The number of amides is 1. The molecule has 2 aromatic heterocycles. The van der Waals surface area contributed by atoms with E-state index in [9.17, 15) is 18.0 Å². The van der Waals surface area contributed by atoms with Crippen LogP contribution in [0, 0.1) is 5.92 Å². The zero-order valence-electron chi connectivity index (χ0n) is 23.8. The van der Waals surface area contributed by atoms with Gasteiger partial charge in [0.05, 0.1) is 17.0 Å². The van der Waals surface area contributed by atoms with Crippen LogP contribution in [0.2, 0.25) is 0 Å². The van der Waals surface area contributed by atoms with Crippen LogP contribution in [0.25, 0.3) is 5.69 Å². The monoisotopic (exact) mass is 633 g/mol. The standard InChI is InChI=1S/C33H30F3N5OS2/c34-33(35,36)26-12-7-13-27(20-26)41-29(19-24-10-5-2-6-11-24)38-39-32(41)44-22-30-37-28(21-43-30)31(42)40-16-14-25(15-17-40)18-23-8-3-1-4-9-23/h1-13,20-21,25H,14-19,22H2. The third kappa shape index (κ3) is 7.22. The van der Waals surface area contributed by atoms with Crippen molar-refractivity contribution in [3.8, 4) is 5.69 Å². The van der Waals surface area contributed by atoms with Crippen molar-refractivity contribution in [3.63, 3.8) is 0 Å². The second kappa shape index (κ2) is 13.4. The smallest absolute Gasteiger partial charge is 0.337 e. The number of hydrogen-bond acceptors (Lipinski definition) is 6. The predicted molar refractivity (Wildman–Crippen MR) is 166 cm³/mol. The Labute approximate surface area is 262 Å². The Kier molecular flexibility index (Phi) is 9.13. The van der Waals surface area contributed by atoms with Crippen molar-refractivity contribution in [1.82, 2.24) is 24.6 Å². The SMILES string of the molecule is O=C(c1csc(CSc2nnc(Cc3ccccc3)n2-c2cccc(C(F)(F)F)c2)n1)N1CCC(Cc2ccccc2)CC1. The quantitative estimate of drug-likeness (QED) is 0.156. The summed E-state index contributed by atoms with van der Waals surface area (Å²) in [6.45, 7) is 1.42. The van der Waals surface area contributed by atoms with Crippen LogP contribution in [0.5, 0.6) is 0 Å². The topological polar surface area (TPSA) is 63.9 Å². The molecule has 1 amide bonds. The lowest BCUT2D eigenvalue weighted by Crippen LogP contribution is -2.39. The van der Waals surface area contributed by atoms with Gasteiger partial charge in [0.1, 0.15) is 16.5 Å². The average molecular weight is 634 g/mol. The van der Waals surface area contributed by atoms with Crippen molar-refractivity contribution >= 4 is 29.0 Å². The summed E-state index contributed by atoms with van der Waals surface area (Å²) in [6.07, 6.45) is -1.12. The number of benzene rings is 3. The minimum atomic E-state index is -4.47. The number of thioether (sulfide) groups is 1. The maximum atomic E-state index is 13.6. The van der Waals surface area contributed by atoms with Gasteiger partial charge in [-0.3, -0.25) is 9.36 Å². The van der Waals surface area contributed by atoms with Crippen molar-refractivity contribution in [1.29, 1.82) is 0 Å². The summed E-state index contributed by atoms with van der Waals surface area (Å²) in [7, 11) is 0. The van der Waals surface area contributed by atoms with Gasteiger partial charge < -0.3 is 4.90 Å². The van der Waals surface area contributed by atoms with Gasteiger partial charge in [-0.15, -0.1) is 21.5 Å². The van der Waals surface area contributed by atoms with Crippen molar-refractivity contribution < 1.29 is 18.0 Å². The van der Waals surface area contributed by atoms with Crippen LogP contribution in [-0.4, -0.2) is 43.6 Å². The third-order valence-corrected chi connectivity index (χ3v) is 9.67. The van der Waals surface area contributed by atoms with Crippen molar-refractivity contribution in [3.05, 3.63) is 124 Å². The number of rotatable bonds is 9. The molecule has 3 aromatic carbocycles. The second-order valence-electron chi connectivity index (χ2n) is 10.8. The van der Waals surface area contributed by atoms with Gasteiger partial charge in [-0.2, -0.15) is 13.2 Å².